The number of aromatic nitrogens is 3. The first-order valence-corrected chi connectivity index (χ1v) is 6.46. The van der Waals surface area contributed by atoms with Gasteiger partial charge in [0, 0.05) is 36.6 Å². The van der Waals surface area contributed by atoms with Crippen LogP contribution >= 0.6 is 0 Å². The fourth-order valence-corrected chi connectivity index (χ4v) is 2.44. The summed E-state index contributed by atoms with van der Waals surface area (Å²) in [7, 11) is 2.08. The van der Waals surface area contributed by atoms with E-state index in [9.17, 15) is 0 Å². The van der Waals surface area contributed by atoms with E-state index in [0.717, 1.165) is 5.56 Å². The lowest BCUT2D eigenvalue weighted by Crippen LogP contribution is -1.85. The number of aryl methyl sites for hydroxylation is 2. The Morgan fingerprint density at radius 3 is 2.68 bits per heavy atom. The highest BCUT2D eigenvalue weighted by Crippen LogP contribution is 2.30. The molecule has 19 heavy (non-hydrogen) atoms. The highest BCUT2D eigenvalue weighted by atomic mass is 16.5. The first kappa shape index (κ1) is 12.0. The summed E-state index contributed by atoms with van der Waals surface area (Å²) in [6.45, 7) is 6.22. The summed E-state index contributed by atoms with van der Waals surface area (Å²) in [5.74, 6) is 1.73. The molecule has 98 valence electrons. The molecule has 0 unspecified atom stereocenters. The summed E-state index contributed by atoms with van der Waals surface area (Å²) in [5, 5.41) is 5.24. The van der Waals surface area contributed by atoms with E-state index < -0.39 is 0 Å². The highest BCUT2D eigenvalue weighted by Gasteiger charge is 2.12. The van der Waals surface area contributed by atoms with Crippen molar-refractivity contribution < 1.29 is 4.52 Å². The molecule has 0 aliphatic carbocycles. The topological polar surface area (TPSA) is 43.9 Å². The van der Waals surface area contributed by atoms with Crippen LogP contribution in [-0.4, -0.2) is 14.7 Å². The molecule has 2 heterocycles. The van der Waals surface area contributed by atoms with Gasteiger partial charge in [-0.15, -0.1) is 0 Å². The predicted molar refractivity (Wildman–Crippen MR) is 75.0 cm³/mol. The SMILES string of the molecule is Cc1nc(-c2ccc3c(c2)c(C(C)C)cn3C)no1. The van der Waals surface area contributed by atoms with Crippen molar-refractivity contribution in [2.24, 2.45) is 7.05 Å². The molecule has 0 aliphatic rings. The minimum absolute atomic E-state index is 0.492. The summed E-state index contributed by atoms with van der Waals surface area (Å²) >= 11 is 0. The molecule has 0 saturated heterocycles. The van der Waals surface area contributed by atoms with E-state index in [1.54, 1.807) is 6.92 Å². The van der Waals surface area contributed by atoms with E-state index in [1.807, 2.05) is 6.07 Å². The molecule has 0 aliphatic heterocycles. The Balaban J connectivity index is 2.22. The van der Waals surface area contributed by atoms with Crippen LogP contribution in [0.25, 0.3) is 22.3 Å². The molecular formula is C15H17N3O. The first-order chi connectivity index (χ1) is 9.06. The van der Waals surface area contributed by atoms with Crippen LogP contribution in [0.15, 0.2) is 28.9 Å². The van der Waals surface area contributed by atoms with Gasteiger partial charge in [-0.25, -0.2) is 0 Å². The molecule has 3 aromatic rings. The van der Waals surface area contributed by atoms with E-state index in [4.69, 9.17) is 4.52 Å². The summed E-state index contributed by atoms with van der Waals surface area (Å²) in [5.41, 5.74) is 3.57. The Kier molecular flexibility index (Phi) is 2.66. The molecule has 0 amide bonds. The van der Waals surface area contributed by atoms with Gasteiger partial charge in [0.15, 0.2) is 0 Å². The molecule has 0 atom stereocenters. The average molecular weight is 255 g/mol. The van der Waals surface area contributed by atoms with Crippen molar-refractivity contribution >= 4 is 10.9 Å². The summed E-state index contributed by atoms with van der Waals surface area (Å²) in [4.78, 5) is 4.28. The lowest BCUT2D eigenvalue weighted by Gasteiger charge is -2.03. The van der Waals surface area contributed by atoms with Crippen molar-refractivity contribution in [1.29, 1.82) is 0 Å². The van der Waals surface area contributed by atoms with Crippen molar-refractivity contribution in [3.8, 4) is 11.4 Å². The number of rotatable bonds is 2. The third kappa shape index (κ3) is 1.93. The zero-order valence-corrected chi connectivity index (χ0v) is 11.6. The van der Waals surface area contributed by atoms with Crippen molar-refractivity contribution in [2.45, 2.75) is 26.7 Å². The molecule has 0 bridgehead atoms. The van der Waals surface area contributed by atoms with Gasteiger partial charge in [0.25, 0.3) is 0 Å². The van der Waals surface area contributed by atoms with E-state index in [-0.39, 0.29) is 0 Å². The van der Waals surface area contributed by atoms with Gasteiger partial charge in [-0.2, -0.15) is 4.98 Å². The summed E-state index contributed by atoms with van der Waals surface area (Å²) in [6.07, 6.45) is 2.20. The lowest BCUT2D eigenvalue weighted by molar-refractivity contribution is 0.394. The van der Waals surface area contributed by atoms with Crippen LogP contribution in [0.2, 0.25) is 0 Å². The molecule has 1 aromatic carbocycles. The maximum absolute atomic E-state index is 5.05. The molecule has 4 heteroatoms. The van der Waals surface area contributed by atoms with Gasteiger partial charge in [-0.3, -0.25) is 0 Å². The molecule has 0 fully saturated rings. The van der Waals surface area contributed by atoms with Crippen molar-refractivity contribution in [3.05, 3.63) is 35.9 Å². The monoisotopic (exact) mass is 255 g/mol. The van der Waals surface area contributed by atoms with Crippen LogP contribution in [0.4, 0.5) is 0 Å². The standard InChI is InChI=1S/C15H17N3O/c1-9(2)13-8-18(4)14-6-5-11(7-12(13)14)15-16-10(3)19-17-15/h5-9H,1-4H3. The maximum atomic E-state index is 5.05. The number of nitrogens with zero attached hydrogens (tertiary/aromatic N) is 3. The number of hydrogen-bond acceptors (Lipinski definition) is 3. The van der Waals surface area contributed by atoms with Crippen LogP contribution < -0.4 is 0 Å². The number of benzene rings is 1. The average Bonchev–Trinajstić information content (AvgIpc) is 2.94. The normalized spacial score (nSPS) is 11.6. The van der Waals surface area contributed by atoms with E-state index >= 15 is 0 Å². The second kappa shape index (κ2) is 4.23. The van der Waals surface area contributed by atoms with Crippen molar-refractivity contribution in [3.63, 3.8) is 0 Å². The first-order valence-electron chi connectivity index (χ1n) is 6.46. The van der Waals surface area contributed by atoms with Gasteiger partial charge in [0.05, 0.1) is 0 Å². The Morgan fingerprint density at radius 2 is 2.05 bits per heavy atom. The lowest BCUT2D eigenvalue weighted by atomic mass is 10.0. The van der Waals surface area contributed by atoms with Gasteiger partial charge in [0.1, 0.15) is 0 Å². The summed E-state index contributed by atoms with van der Waals surface area (Å²) < 4.78 is 7.21. The highest BCUT2D eigenvalue weighted by molar-refractivity contribution is 5.88. The van der Waals surface area contributed by atoms with E-state index in [2.05, 4.69) is 53.9 Å². The predicted octanol–water partition coefficient (Wildman–Crippen LogP) is 3.66. The molecule has 0 radical (unpaired) electrons. The Morgan fingerprint density at radius 1 is 1.26 bits per heavy atom. The fraction of sp³-hybridized carbons (Fsp3) is 0.333. The van der Waals surface area contributed by atoms with Crippen LogP contribution in [0, 0.1) is 6.92 Å². The zero-order chi connectivity index (χ0) is 13.6. The Bertz CT molecular complexity index is 737. The summed E-state index contributed by atoms with van der Waals surface area (Å²) in [6, 6.07) is 6.30. The fourth-order valence-electron chi connectivity index (χ4n) is 2.44. The van der Waals surface area contributed by atoms with Crippen molar-refractivity contribution in [2.75, 3.05) is 0 Å². The zero-order valence-electron chi connectivity index (χ0n) is 11.6. The van der Waals surface area contributed by atoms with Crippen LogP contribution in [0.1, 0.15) is 31.2 Å². The van der Waals surface area contributed by atoms with Gasteiger partial charge in [0.2, 0.25) is 11.7 Å². The second-order valence-electron chi connectivity index (χ2n) is 5.22. The minimum atomic E-state index is 0.492. The van der Waals surface area contributed by atoms with Crippen LogP contribution in [-0.2, 0) is 7.05 Å². The van der Waals surface area contributed by atoms with Crippen molar-refractivity contribution in [1.82, 2.24) is 14.7 Å². The molecule has 0 saturated carbocycles. The number of hydrogen-bond donors (Lipinski definition) is 0. The molecule has 0 N–H and O–H groups in total. The van der Waals surface area contributed by atoms with E-state index in [1.165, 1.54) is 16.5 Å². The van der Waals surface area contributed by atoms with Gasteiger partial charge in [-0.1, -0.05) is 19.0 Å². The van der Waals surface area contributed by atoms with Gasteiger partial charge < -0.3 is 9.09 Å². The second-order valence-corrected chi connectivity index (χ2v) is 5.22. The molecule has 3 rings (SSSR count). The molecule has 4 nitrogen and oxygen atoms in total. The molecule has 0 spiro atoms. The third-order valence-electron chi connectivity index (χ3n) is 3.43. The van der Waals surface area contributed by atoms with Gasteiger partial charge in [-0.05, 0) is 29.7 Å². The van der Waals surface area contributed by atoms with Crippen LogP contribution in [0.5, 0.6) is 0 Å². The largest absolute Gasteiger partial charge is 0.350 e. The smallest absolute Gasteiger partial charge is 0.223 e. The van der Waals surface area contributed by atoms with E-state index in [0.29, 0.717) is 17.6 Å². The third-order valence-corrected chi connectivity index (χ3v) is 3.43. The maximum Gasteiger partial charge on any atom is 0.223 e. The molecule has 2 aromatic heterocycles. The van der Waals surface area contributed by atoms with Crippen LogP contribution in [0.3, 0.4) is 0 Å². The Hall–Kier alpha value is -2.10. The Labute approximate surface area is 112 Å². The number of fused-ring (bicyclic) bond motifs is 1. The molecular weight excluding hydrogens is 238 g/mol. The quantitative estimate of drug-likeness (QED) is 0.702. The van der Waals surface area contributed by atoms with Gasteiger partial charge >= 0.3 is 0 Å². The minimum Gasteiger partial charge on any atom is -0.350 e.